The van der Waals surface area contributed by atoms with Gasteiger partial charge < -0.3 is 10.0 Å². The minimum atomic E-state index is -4.51. The van der Waals surface area contributed by atoms with Gasteiger partial charge in [-0.15, -0.1) is 0 Å². The van der Waals surface area contributed by atoms with E-state index in [-0.39, 0.29) is 34.4 Å². The first kappa shape index (κ1) is 24.1. The van der Waals surface area contributed by atoms with Crippen molar-refractivity contribution in [2.45, 2.75) is 35.7 Å². The fourth-order valence-corrected chi connectivity index (χ4v) is 6.25. The van der Waals surface area contributed by atoms with Crippen molar-refractivity contribution in [1.29, 1.82) is 0 Å². The first-order valence-corrected chi connectivity index (χ1v) is 12.0. The Kier molecular flexibility index (Phi) is 6.11. The minimum Gasteiger partial charge on any atom is -0.480 e. The predicted molar refractivity (Wildman–Crippen MR) is 119 cm³/mol. The summed E-state index contributed by atoms with van der Waals surface area (Å²) in [5, 5.41) is 13.1. The average molecular weight is 514 g/mol. The SMILES string of the molecule is Cc1cc(N2C[C@H](S(=O)(=O)c3ccccc3Cl)C[C@H]2C(=O)O)n(-c2ccc(C(F)(F)F)cc2)n1. The number of carboxylic acid groups (broad SMARTS) is 1. The number of benzene rings is 2. The fourth-order valence-electron chi connectivity index (χ4n) is 4.04. The van der Waals surface area contributed by atoms with Crippen molar-refractivity contribution in [2.24, 2.45) is 0 Å². The Bertz CT molecular complexity index is 1340. The normalized spacial score (nSPS) is 18.9. The Hall–Kier alpha value is -3.05. The van der Waals surface area contributed by atoms with Crippen LogP contribution in [0.25, 0.3) is 5.69 Å². The molecule has 2 aromatic carbocycles. The van der Waals surface area contributed by atoms with Crippen molar-refractivity contribution >= 4 is 33.2 Å². The molecule has 2 heterocycles. The Morgan fingerprint density at radius 3 is 2.38 bits per heavy atom. The summed E-state index contributed by atoms with van der Waals surface area (Å²) in [7, 11) is -3.96. The van der Waals surface area contributed by atoms with Crippen LogP contribution in [-0.4, -0.2) is 47.1 Å². The third-order valence-corrected chi connectivity index (χ3v) is 8.31. The van der Waals surface area contributed by atoms with E-state index in [0.717, 1.165) is 12.1 Å². The molecule has 1 N–H and O–H groups in total. The van der Waals surface area contributed by atoms with Crippen LogP contribution in [0.4, 0.5) is 19.0 Å². The predicted octanol–water partition coefficient (Wildman–Crippen LogP) is 4.36. The molecule has 34 heavy (non-hydrogen) atoms. The van der Waals surface area contributed by atoms with Crippen LogP contribution in [0, 0.1) is 6.92 Å². The molecule has 0 unspecified atom stereocenters. The van der Waals surface area contributed by atoms with E-state index in [1.54, 1.807) is 19.1 Å². The van der Waals surface area contributed by atoms with E-state index in [1.807, 2.05) is 0 Å². The summed E-state index contributed by atoms with van der Waals surface area (Å²) >= 11 is 6.09. The molecule has 0 spiro atoms. The number of aliphatic carboxylic acids is 1. The van der Waals surface area contributed by atoms with Crippen LogP contribution in [-0.2, 0) is 20.8 Å². The molecule has 1 aliphatic heterocycles. The zero-order chi connectivity index (χ0) is 24.8. The zero-order valence-electron chi connectivity index (χ0n) is 17.7. The lowest BCUT2D eigenvalue weighted by atomic mass is 10.2. The van der Waals surface area contributed by atoms with Gasteiger partial charge in [0, 0.05) is 12.6 Å². The lowest BCUT2D eigenvalue weighted by Crippen LogP contribution is -2.37. The van der Waals surface area contributed by atoms with E-state index < -0.39 is 38.8 Å². The van der Waals surface area contributed by atoms with Crippen molar-refractivity contribution < 1.29 is 31.5 Å². The number of carboxylic acids is 1. The zero-order valence-corrected chi connectivity index (χ0v) is 19.3. The quantitative estimate of drug-likeness (QED) is 0.545. The number of hydrogen-bond donors (Lipinski definition) is 1. The number of aromatic nitrogens is 2. The first-order valence-electron chi connectivity index (χ1n) is 10.1. The molecular weight excluding hydrogens is 495 g/mol. The number of nitrogens with zero attached hydrogens (tertiary/aromatic N) is 3. The number of anilines is 1. The van der Waals surface area contributed by atoms with Gasteiger partial charge in [0.2, 0.25) is 0 Å². The third kappa shape index (κ3) is 4.37. The van der Waals surface area contributed by atoms with Gasteiger partial charge in [0.15, 0.2) is 9.84 Å². The highest BCUT2D eigenvalue weighted by molar-refractivity contribution is 7.92. The Morgan fingerprint density at radius 1 is 1.15 bits per heavy atom. The van der Waals surface area contributed by atoms with Crippen LogP contribution in [0.1, 0.15) is 17.7 Å². The van der Waals surface area contributed by atoms with E-state index in [9.17, 15) is 31.5 Å². The molecule has 12 heteroatoms. The second-order valence-corrected chi connectivity index (χ2v) is 10.5. The standard InChI is InChI=1S/C22H19ClF3N3O4S/c1-13-10-20(29(27-13)15-8-6-14(7-9-15)22(24,25)26)28-12-16(11-18(28)21(30)31)34(32,33)19-5-3-2-4-17(19)23/h2-10,16,18H,11-12H2,1H3,(H,30,31)/t16-,18+/m1/s1. The maximum absolute atomic E-state index is 13.3. The third-order valence-electron chi connectivity index (χ3n) is 5.68. The number of rotatable bonds is 5. The van der Waals surface area contributed by atoms with Crippen molar-refractivity contribution in [3.8, 4) is 5.69 Å². The van der Waals surface area contributed by atoms with Crippen LogP contribution < -0.4 is 4.90 Å². The number of hydrogen-bond acceptors (Lipinski definition) is 5. The van der Waals surface area contributed by atoms with E-state index in [4.69, 9.17) is 11.6 Å². The lowest BCUT2D eigenvalue weighted by molar-refractivity contribution is -0.138. The van der Waals surface area contributed by atoms with E-state index in [0.29, 0.717) is 5.69 Å². The van der Waals surface area contributed by atoms with Gasteiger partial charge in [0.1, 0.15) is 11.9 Å². The number of halogens is 4. The average Bonchev–Trinajstić information content (AvgIpc) is 3.38. The van der Waals surface area contributed by atoms with Gasteiger partial charge in [-0.2, -0.15) is 18.3 Å². The summed E-state index contributed by atoms with van der Waals surface area (Å²) in [4.78, 5) is 13.4. The van der Waals surface area contributed by atoms with Crippen molar-refractivity contribution in [3.05, 3.63) is 70.9 Å². The van der Waals surface area contributed by atoms with Crippen LogP contribution >= 0.6 is 11.6 Å². The van der Waals surface area contributed by atoms with Gasteiger partial charge >= 0.3 is 12.1 Å². The van der Waals surface area contributed by atoms with Gasteiger partial charge in [-0.25, -0.2) is 17.9 Å². The highest BCUT2D eigenvalue weighted by atomic mass is 35.5. The van der Waals surface area contributed by atoms with E-state index in [2.05, 4.69) is 5.10 Å². The summed E-state index contributed by atoms with van der Waals surface area (Å²) in [5.74, 6) is -0.962. The Balaban J connectivity index is 1.73. The van der Waals surface area contributed by atoms with Crippen LogP contribution in [0.5, 0.6) is 0 Å². The fraction of sp³-hybridized carbons (Fsp3) is 0.273. The molecule has 1 aliphatic rings. The maximum atomic E-state index is 13.3. The summed E-state index contributed by atoms with van der Waals surface area (Å²) < 4.78 is 66.7. The highest BCUT2D eigenvalue weighted by Crippen LogP contribution is 2.36. The van der Waals surface area contributed by atoms with Gasteiger partial charge in [-0.3, -0.25) is 0 Å². The van der Waals surface area contributed by atoms with Crippen molar-refractivity contribution in [1.82, 2.24) is 9.78 Å². The molecule has 1 aromatic heterocycles. The summed E-state index contributed by atoms with van der Waals surface area (Å²) in [6, 6.07) is 10.6. The van der Waals surface area contributed by atoms with Crippen molar-refractivity contribution in [2.75, 3.05) is 11.4 Å². The number of alkyl halides is 3. The number of sulfone groups is 1. The maximum Gasteiger partial charge on any atom is 0.416 e. The summed E-state index contributed by atoms with van der Waals surface area (Å²) in [5.41, 5.74) is -0.0775. The molecule has 1 fully saturated rings. The molecular formula is C22H19ClF3N3O4S. The molecule has 3 aromatic rings. The van der Waals surface area contributed by atoms with Gasteiger partial charge in [-0.1, -0.05) is 23.7 Å². The second kappa shape index (κ2) is 8.62. The van der Waals surface area contributed by atoms with Crippen LogP contribution in [0.2, 0.25) is 5.02 Å². The first-order chi connectivity index (χ1) is 15.9. The summed E-state index contributed by atoms with van der Waals surface area (Å²) in [6.45, 7) is 1.49. The molecule has 0 aliphatic carbocycles. The highest BCUT2D eigenvalue weighted by Gasteiger charge is 2.45. The summed E-state index contributed by atoms with van der Waals surface area (Å²) in [6.07, 6.45) is -4.70. The molecule has 4 rings (SSSR count). The molecule has 7 nitrogen and oxygen atoms in total. The number of carbonyl (C=O) groups is 1. The molecule has 2 atom stereocenters. The van der Waals surface area contributed by atoms with E-state index >= 15 is 0 Å². The molecule has 180 valence electrons. The lowest BCUT2D eigenvalue weighted by Gasteiger charge is -2.24. The Labute approximate surface area is 198 Å². The largest absolute Gasteiger partial charge is 0.480 e. The second-order valence-electron chi connectivity index (χ2n) is 7.94. The number of aryl methyl sites for hydroxylation is 1. The van der Waals surface area contributed by atoms with Gasteiger partial charge in [-0.05, 0) is 49.7 Å². The van der Waals surface area contributed by atoms with Gasteiger partial charge in [0.25, 0.3) is 0 Å². The molecule has 1 saturated heterocycles. The van der Waals surface area contributed by atoms with Crippen LogP contribution in [0.3, 0.4) is 0 Å². The smallest absolute Gasteiger partial charge is 0.416 e. The van der Waals surface area contributed by atoms with Crippen LogP contribution in [0.15, 0.2) is 59.5 Å². The molecule has 0 saturated carbocycles. The Morgan fingerprint density at radius 2 is 1.79 bits per heavy atom. The van der Waals surface area contributed by atoms with Crippen molar-refractivity contribution in [3.63, 3.8) is 0 Å². The van der Waals surface area contributed by atoms with E-state index in [1.165, 1.54) is 39.9 Å². The monoisotopic (exact) mass is 513 g/mol. The molecule has 0 radical (unpaired) electrons. The van der Waals surface area contributed by atoms with Gasteiger partial charge in [0.05, 0.1) is 32.1 Å². The topological polar surface area (TPSA) is 92.5 Å². The minimum absolute atomic E-state index is 0.0402. The molecule has 0 amide bonds. The molecule has 0 bridgehead atoms.